The highest BCUT2D eigenvalue weighted by Crippen LogP contribution is 2.24. The van der Waals surface area contributed by atoms with Gasteiger partial charge in [-0.05, 0) is 36.9 Å². The fraction of sp³-hybridized carbons (Fsp3) is 0.312. The van der Waals surface area contributed by atoms with Crippen LogP contribution < -0.4 is 10.0 Å². The number of hydrogen-bond donors (Lipinski definition) is 2. The maximum absolute atomic E-state index is 12.5. The van der Waals surface area contributed by atoms with E-state index in [-0.39, 0.29) is 15.7 Å². The molecule has 7 heteroatoms. The average molecular weight is 352 g/mol. The molecule has 2 N–H and O–H groups in total. The smallest absolute Gasteiger partial charge is 0.263 e. The molecule has 5 nitrogen and oxygen atoms in total. The molecule has 0 aliphatic rings. The van der Waals surface area contributed by atoms with Crippen molar-refractivity contribution in [3.05, 3.63) is 46.2 Å². The summed E-state index contributed by atoms with van der Waals surface area (Å²) in [7, 11) is -3.79. The zero-order valence-corrected chi connectivity index (χ0v) is 14.8. The molecular formula is C16H20N2O3S2. The van der Waals surface area contributed by atoms with Gasteiger partial charge in [0.15, 0.2) is 0 Å². The van der Waals surface area contributed by atoms with Gasteiger partial charge in [0, 0.05) is 12.2 Å². The van der Waals surface area contributed by atoms with Crippen LogP contribution in [0.1, 0.15) is 35.0 Å². The first kappa shape index (κ1) is 17.5. The summed E-state index contributed by atoms with van der Waals surface area (Å²) in [5.74, 6) is -0.349. The van der Waals surface area contributed by atoms with Gasteiger partial charge in [-0.15, -0.1) is 11.3 Å². The van der Waals surface area contributed by atoms with E-state index in [2.05, 4.69) is 10.0 Å². The van der Waals surface area contributed by atoms with E-state index < -0.39 is 10.0 Å². The SMILES string of the molecule is CCCCNC(=O)c1sccc1S(=O)(=O)Nc1ccc(C)cc1. The maximum atomic E-state index is 12.5. The van der Waals surface area contributed by atoms with Gasteiger partial charge in [0.05, 0.1) is 0 Å². The van der Waals surface area contributed by atoms with E-state index in [1.165, 1.54) is 6.07 Å². The van der Waals surface area contributed by atoms with Gasteiger partial charge < -0.3 is 5.32 Å². The van der Waals surface area contributed by atoms with Gasteiger partial charge in [0.2, 0.25) is 0 Å². The van der Waals surface area contributed by atoms with E-state index in [4.69, 9.17) is 0 Å². The number of rotatable bonds is 7. The Bertz CT molecular complexity index is 765. The van der Waals surface area contributed by atoms with E-state index >= 15 is 0 Å². The van der Waals surface area contributed by atoms with Crippen LogP contribution in [0.4, 0.5) is 5.69 Å². The van der Waals surface area contributed by atoms with Gasteiger partial charge in [-0.25, -0.2) is 8.42 Å². The first-order chi connectivity index (χ1) is 10.9. The molecule has 2 aromatic rings. The van der Waals surface area contributed by atoms with Crippen molar-refractivity contribution in [3.63, 3.8) is 0 Å². The van der Waals surface area contributed by atoms with Crippen molar-refractivity contribution in [2.45, 2.75) is 31.6 Å². The van der Waals surface area contributed by atoms with Gasteiger partial charge >= 0.3 is 0 Å². The lowest BCUT2D eigenvalue weighted by atomic mass is 10.2. The molecule has 1 amide bonds. The molecule has 0 fully saturated rings. The van der Waals surface area contributed by atoms with Gasteiger partial charge in [-0.2, -0.15) is 0 Å². The minimum Gasteiger partial charge on any atom is -0.351 e. The summed E-state index contributed by atoms with van der Waals surface area (Å²) in [6.45, 7) is 4.49. The molecule has 0 aliphatic carbocycles. The summed E-state index contributed by atoms with van der Waals surface area (Å²) in [5.41, 5.74) is 1.51. The fourth-order valence-corrected chi connectivity index (χ4v) is 4.37. The Morgan fingerprint density at radius 2 is 1.87 bits per heavy atom. The molecule has 0 saturated heterocycles. The van der Waals surface area contributed by atoms with Crippen molar-refractivity contribution in [2.24, 2.45) is 0 Å². The fourth-order valence-electron chi connectivity index (χ4n) is 1.97. The number of amides is 1. The number of hydrogen-bond acceptors (Lipinski definition) is 4. The highest BCUT2D eigenvalue weighted by molar-refractivity contribution is 7.93. The summed E-state index contributed by atoms with van der Waals surface area (Å²) in [4.78, 5) is 12.4. The van der Waals surface area contributed by atoms with Crippen LogP contribution in [0.2, 0.25) is 0 Å². The first-order valence-corrected chi connectivity index (χ1v) is 9.75. The molecule has 124 valence electrons. The molecule has 0 spiro atoms. The minimum absolute atomic E-state index is 0.0112. The second-order valence-corrected chi connectivity index (χ2v) is 7.76. The molecule has 0 aliphatic heterocycles. The number of benzene rings is 1. The van der Waals surface area contributed by atoms with Crippen LogP contribution >= 0.6 is 11.3 Å². The number of carbonyl (C=O) groups is 1. The number of unbranched alkanes of at least 4 members (excludes halogenated alkanes) is 1. The van der Waals surface area contributed by atoms with Crippen molar-refractivity contribution in [2.75, 3.05) is 11.3 Å². The van der Waals surface area contributed by atoms with Gasteiger partial charge in [-0.3, -0.25) is 9.52 Å². The topological polar surface area (TPSA) is 75.3 Å². The Morgan fingerprint density at radius 3 is 2.52 bits per heavy atom. The number of thiophene rings is 1. The summed E-state index contributed by atoms with van der Waals surface area (Å²) in [6.07, 6.45) is 1.83. The third-order valence-corrected chi connectivity index (χ3v) is 5.71. The molecule has 23 heavy (non-hydrogen) atoms. The van der Waals surface area contributed by atoms with E-state index in [0.29, 0.717) is 12.2 Å². The third kappa shape index (κ3) is 4.56. The zero-order valence-electron chi connectivity index (χ0n) is 13.1. The molecule has 0 saturated carbocycles. The Hall–Kier alpha value is -1.86. The van der Waals surface area contributed by atoms with Crippen molar-refractivity contribution >= 4 is 33.0 Å². The van der Waals surface area contributed by atoms with Crippen molar-refractivity contribution in [3.8, 4) is 0 Å². The molecule has 1 aromatic heterocycles. The summed E-state index contributed by atoms with van der Waals surface area (Å²) >= 11 is 1.12. The summed E-state index contributed by atoms with van der Waals surface area (Å²) in [6, 6.07) is 8.49. The molecule has 1 heterocycles. The quantitative estimate of drug-likeness (QED) is 0.750. The van der Waals surface area contributed by atoms with Crippen LogP contribution in [-0.2, 0) is 10.0 Å². The number of nitrogens with one attached hydrogen (secondary N) is 2. The van der Waals surface area contributed by atoms with Gasteiger partial charge in [-0.1, -0.05) is 31.0 Å². The second kappa shape index (κ2) is 7.61. The largest absolute Gasteiger partial charge is 0.351 e. The van der Waals surface area contributed by atoms with Crippen LogP contribution in [0.15, 0.2) is 40.6 Å². The second-order valence-electron chi connectivity index (χ2n) is 5.19. The standard InChI is InChI=1S/C16H20N2O3S2/c1-3-4-10-17-16(19)15-14(9-11-22-15)23(20,21)18-13-7-5-12(2)6-8-13/h5-9,11,18H,3-4,10H2,1-2H3,(H,17,19). The number of sulfonamides is 1. The van der Waals surface area contributed by atoms with E-state index in [9.17, 15) is 13.2 Å². The molecule has 0 bridgehead atoms. The number of carbonyl (C=O) groups excluding carboxylic acids is 1. The van der Waals surface area contributed by atoms with Crippen LogP contribution in [-0.4, -0.2) is 20.9 Å². The molecule has 0 atom stereocenters. The predicted octanol–water partition coefficient (Wildman–Crippen LogP) is 3.39. The highest BCUT2D eigenvalue weighted by atomic mass is 32.2. The molecule has 2 rings (SSSR count). The van der Waals surface area contributed by atoms with Crippen LogP contribution in [0.3, 0.4) is 0 Å². The normalized spacial score (nSPS) is 11.2. The number of anilines is 1. The van der Waals surface area contributed by atoms with Gasteiger partial charge in [0.25, 0.3) is 15.9 Å². The van der Waals surface area contributed by atoms with E-state index in [1.54, 1.807) is 17.5 Å². The Morgan fingerprint density at radius 1 is 1.17 bits per heavy atom. The first-order valence-electron chi connectivity index (χ1n) is 7.39. The molecule has 1 aromatic carbocycles. The number of aryl methyl sites for hydroxylation is 1. The Balaban J connectivity index is 2.19. The van der Waals surface area contributed by atoms with Crippen LogP contribution in [0.25, 0.3) is 0 Å². The van der Waals surface area contributed by atoms with Crippen LogP contribution in [0.5, 0.6) is 0 Å². The predicted molar refractivity (Wildman–Crippen MR) is 93.5 cm³/mol. The van der Waals surface area contributed by atoms with Crippen LogP contribution in [0, 0.1) is 6.92 Å². The van der Waals surface area contributed by atoms with Crippen molar-refractivity contribution < 1.29 is 13.2 Å². The summed E-state index contributed by atoms with van der Waals surface area (Å²) < 4.78 is 27.5. The Kier molecular flexibility index (Phi) is 5.79. The van der Waals surface area contributed by atoms with Gasteiger partial charge in [0.1, 0.15) is 9.77 Å². The maximum Gasteiger partial charge on any atom is 0.263 e. The zero-order chi connectivity index (χ0) is 16.9. The summed E-state index contributed by atoms with van der Waals surface area (Å²) in [5, 5.41) is 4.36. The lowest BCUT2D eigenvalue weighted by Crippen LogP contribution is -2.25. The van der Waals surface area contributed by atoms with E-state index in [0.717, 1.165) is 29.7 Å². The third-order valence-electron chi connectivity index (χ3n) is 3.24. The lowest BCUT2D eigenvalue weighted by Gasteiger charge is -2.09. The average Bonchev–Trinajstić information content (AvgIpc) is 3.00. The highest BCUT2D eigenvalue weighted by Gasteiger charge is 2.24. The minimum atomic E-state index is -3.79. The molecule has 0 unspecified atom stereocenters. The molecular weight excluding hydrogens is 332 g/mol. The van der Waals surface area contributed by atoms with E-state index in [1.807, 2.05) is 26.0 Å². The van der Waals surface area contributed by atoms with Crippen molar-refractivity contribution in [1.82, 2.24) is 5.32 Å². The molecule has 0 radical (unpaired) electrons. The van der Waals surface area contributed by atoms with Crippen molar-refractivity contribution in [1.29, 1.82) is 0 Å². The Labute approximate surface area is 140 Å². The lowest BCUT2D eigenvalue weighted by molar-refractivity contribution is 0.0954. The monoisotopic (exact) mass is 352 g/mol.